The fraction of sp³-hybridized carbons (Fsp3) is 0.0435. The Morgan fingerprint density at radius 2 is 1.41 bits per heavy atom. The summed E-state index contributed by atoms with van der Waals surface area (Å²) in [6, 6.07) is 24.8. The van der Waals surface area contributed by atoms with Crippen LogP contribution >= 0.6 is 11.6 Å². The van der Waals surface area contributed by atoms with Gasteiger partial charge in [0.25, 0.3) is 0 Å². The summed E-state index contributed by atoms with van der Waals surface area (Å²) in [5, 5.41) is 0.542. The maximum Gasteiger partial charge on any atom is 0.331 e. The summed E-state index contributed by atoms with van der Waals surface area (Å²) in [6.45, 7) is 0. The van der Waals surface area contributed by atoms with Gasteiger partial charge in [-0.15, -0.1) is 0 Å². The molecule has 3 nitrogen and oxygen atoms in total. The predicted octanol–water partition coefficient (Wildman–Crippen LogP) is 5.52. The first-order chi connectivity index (χ1) is 13.1. The van der Waals surface area contributed by atoms with Crippen LogP contribution in [0.2, 0.25) is 5.02 Å². The van der Waals surface area contributed by atoms with Gasteiger partial charge >= 0.3 is 5.97 Å². The van der Waals surface area contributed by atoms with Gasteiger partial charge in [-0.2, -0.15) is 0 Å². The average molecular weight is 377 g/mol. The Labute approximate surface area is 162 Å². The smallest absolute Gasteiger partial charge is 0.331 e. The summed E-state index contributed by atoms with van der Waals surface area (Å²) in [4.78, 5) is 25.2. The number of carbonyl (C=O) groups excluding carboxylic acids is 2. The number of Topliss-reactive ketones (excluding diaryl/α,β-unsaturated/α-hetero) is 1. The maximum absolute atomic E-state index is 12.9. The van der Waals surface area contributed by atoms with E-state index in [1.165, 1.54) is 6.08 Å². The Morgan fingerprint density at radius 1 is 0.815 bits per heavy atom. The molecule has 1 atom stereocenters. The largest absolute Gasteiger partial charge is 0.446 e. The van der Waals surface area contributed by atoms with Crippen molar-refractivity contribution in [1.29, 1.82) is 0 Å². The van der Waals surface area contributed by atoms with Gasteiger partial charge in [-0.3, -0.25) is 4.79 Å². The van der Waals surface area contributed by atoms with Gasteiger partial charge in [0.1, 0.15) is 0 Å². The van der Waals surface area contributed by atoms with Crippen molar-refractivity contribution in [3.63, 3.8) is 0 Å². The number of ketones is 1. The molecule has 0 unspecified atom stereocenters. The zero-order chi connectivity index (χ0) is 19.1. The number of benzene rings is 3. The number of halogens is 1. The quantitative estimate of drug-likeness (QED) is 0.323. The van der Waals surface area contributed by atoms with E-state index in [1.54, 1.807) is 54.6 Å². The molecule has 4 heteroatoms. The summed E-state index contributed by atoms with van der Waals surface area (Å²) < 4.78 is 5.50. The SMILES string of the molecule is O=C(/C=C/c1ccccc1)O[C@H](C(=O)c1ccccc1)c1ccc(Cl)cc1. The summed E-state index contributed by atoms with van der Waals surface area (Å²) in [5.41, 5.74) is 1.90. The Balaban J connectivity index is 1.83. The minimum absolute atomic E-state index is 0.292. The van der Waals surface area contributed by atoms with Crippen LogP contribution in [0.4, 0.5) is 0 Å². The lowest BCUT2D eigenvalue weighted by molar-refractivity contribution is -0.141. The summed E-state index contributed by atoms with van der Waals surface area (Å²) in [5.74, 6) is -0.887. The molecule has 0 fully saturated rings. The van der Waals surface area contributed by atoms with Crippen LogP contribution in [-0.4, -0.2) is 11.8 Å². The van der Waals surface area contributed by atoms with Crippen molar-refractivity contribution in [2.45, 2.75) is 6.10 Å². The highest BCUT2D eigenvalue weighted by Gasteiger charge is 2.25. The van der Waals surface area contributed by atoms with Crippen molar-refractivity contribution in [1.82, 2.24) is 0 Å². The summed E-state index contributed by atoms with van der Waals surface area (Å²) in [6.07, 6.45) is 1.92. The zero-order valence-electron chi connectivity index (χ0n) is 14.4. The van der Waals surface area contributed by atoms with E-state index in [2.05, 4.69) is 0 Å². The highest BCUT2D eigenvalue weighted by atomic mass is 35.5. The maximum atomic E-state index is 12.9. The lowest BCUT2D eigenvalue weighted by Gasteiger charge is -2.16. The topological polar surface area (TPSA) is 43.4 Å². The number of hydrogen-bond donors (Lipinski definition) is 0. The molecule has 0 aliphatic rings. The van der Waals surface area contributed by atoms with Crippen molar-refractivity contribution in [3.05, 3.63) is 113 Å². The van der Waals surface area contributed by atoms with Crippen LogP contribution in [0.3, 0.4) is 0 Å². The second-order valence-corrected chi connectivity index (χ2v) is 6.28. The van der Waals surface area contributed by atoms with E-state index in [4.69, 9.17) is 16.3 Å². The number of esters is 1. The van der Waals surface area contributed by atoms with E-state index in [0.717, 1.165) is 5.56 Å². The molecule has 0 saturated carbocycles. The van der Waals surface area contributed by atoms with Gasteiger partial charge in [0, 0.05) is 22.2 Å². The van der Waals surface area contributed by atoms with Crippen molar-refractivity contribution in [2.24, 2.45) is 0 Å². The van der Waals surface area contributed by atoms with E-state index in [9.17, 15) is 9.59 Å². The normalized spacial score (nSPS) is 11.9. The molecular weight excluding hydrogens is 360 g/mol. The third-order valence-electron chi connectivity index (χ3n) is 3.91. The van der Waals surface area contributed by atoms with Crippen LogP contribution in [0.15, 0.2) is 91.0 Å². The van der Waals surface area contributed by atoms with Crippen LogP contribution in [-0.2, 0) is 9.53 Å². The minimum atomic E-state index is -1.04. The average Bonchev–Trinajstić information content (AvgIpc) is 2.72. The highest BCUT2D eigenvalue weighted by molar-refractivity contribution is 6.30. The van der Waals surface area contributed by atoms with Gasteiger partial charge in [0.05, 0.1) is 0 Å². The fourth-order valence-electron chi connectivity index (χ4n) is 2.55. The molecule has 0 bridgehead atoms. The molecular formula is C23H17ClO3. The van der Waals surface area contributed by atoms with Crippen molar-refractivity contribution in [2.75, 3.05) is 0 Å². The monoisotopic (exact) mass is 376 g/mol. The molecule has 0 aliphatic heterocycles. The summed E-state index contributed by atoms with van der Waals surface area (Å²) in [7, 11) is 0. The molecule has 0 spiro atoms. The van der Waals surface area contributed by atoms with Crippen LogP contribution < -0.4 is 0 Å². The minimum Gasteiger partial charge on any atom is -0.446 e. The summed E-state index contributed by atoms with van der Waals surface area (Å²) >= 11 is 5.93. The van der Waals surface area contributed by atoms with E-state index in [1.807, 2.05) is 36.4 Å². The molecule has 0 N–H and O–H groups in total. The molecule has 3 aromatic rings. The van der Waals surface area contributed by atoms with Gasteiger partial charge in [-0.05, 0) is 23.8 Å². The van der Waals surface area contributed by atoms with Crippen molar-refractivity contribution < 1.29 is 14.3 Å². The molecule has 0 aliphatic carbocycles. The first kappa shape index (κ1) is 18.6. The molecule has 3 aromatic carbocycles. The van der Waals surface area contributed by atoms with Gasteiger partial charge in [-0.1, -0.05) is 84.4 Å². The second kappa shape index (κ2) is 8.97. The van der Waals surface area contributed by atoms with E-state index in [0.29, 0.717) is 16.1 Å². The standard InChI is InChI=1S/C23H17ClO3/c24-20-14-12-19(13-15-20)23(22(26)18-9-5-2-6-10-18)27-21(25)16-11-17-7-3-1-4-8-17/h1-16,23H/b16-11+/t23-/m0/s1. The highest BCUT2D eigenvalue weighted by Crippen LogP contribution is 2.24. The van der Waals surface area contributed by atoms with E-state index < -0.39 is 12.1 Å². The second-order valence-electron chi connectivity index (χ2n) is 5.84. The number of ether oxygens (including phenoxy) is 1. The molecule has 134 valence electrons. The Morgan fingerprint density at radius 3 is 2.04 bits per heavy atom. The fourth-order valence-corrected chi connectivity index (χ4v) is 2.67. The van der Waals surface area contributed by atoms with Crippen LogP contribution in [0.25, 0.3) is 6.08 Å². The van der Waals surface area contributed by atoms with Crippen LogP contribution in [0.5, 0.6) is 0 Å². The Kier molecular flexibility index (Phi) is 6.18. The third kappa shape index (κ3) is 5.16. The number of carbonyl (C=O) groups is 2. The molecule has 0 aromatic heterocycles. The Hall–Kier alpha value is -3.17. The molecule has 0 radical (unpaired) electrons. The van der Waals surface area contributed by atoms with Gasteiger partial charge in [0.2, 0.25) is 5.78 Å². The van der Waals surface area contributed by atoms with Gasteiger partial charge in [0.15, 0.2) is 6.10 Å². The van der Waals surface area contributed by atoms with E-state index in [-0.39, 0.29) is 5.78 Å². The van der Waals surface area contributed by atoms with Gasteiger partial charge < -0.3 is 4.74 Å². The third-order valence-corrected chi connectivity index (χ3v) is 4.17. The lowest BCUT2D eigenvalue weighted by Crippen LogP contribution is -2.19. The van der Waals surface area contributed by atoms with Crippen molar-refractivity contribution >= 4 is 29.4 Å². The molecule has 0 heterocycles. The van der Waals surface area contributed by atoms with Crippen molar-refractivity contribution in [3.8, 4) is 0 Å². The Bertz CT molecular complexity index is 932. The predicted molar refractivity (Wildman–Crippen MR) is 107 cm³/mol. The van der Waals surface area contributed by atoms with Crippen LogP contribution in [0, 0.1) is 0 Å². The van der Waals surface area contributed by atoms with Gasteiger partial charge in [-0.25, -0.2) is 4.79 Å². The number of hydrogen-bond acceptors (Lipinski definition) is 3. The van der Waals surface area contributed by atoms with E-state index >= 15 is 0 Å². The molecule has 27 heavy (non-hydrogen) atoms. The van der Waals surface area contributed by atoms with Crippen LogP contribution in [0.1, 0.15) is 27.6 Å². The molecule has 0 amide bonds. The molecule has 3 rings (SSSR count). The molecule has 0 saturated heterocycles. The number of rotatable bonds is 6. The zero-order valence-corrected chi connectivity index (χ0v) is 15.2. The first-order valence-corrected chi connectivity index (χ1v) is 8.80. The lowest BCUT2D eigenvalue weighted by atomic mass is 10.00. The first-order valence-electron chi connectivity index (χ1n) is 8.42.